The maximum atomic E-state index is 11.8. The molecule has 0 saturated heterocycles. The molecule has 1 aromatic rings. The summed E-state index contributed by atoms with van der Waals surface area (Å²) in [4.78, 5) is 12.1. The van der Waals surface area contributed by atoms with Gasteiger partial charge in [0.25, 0.3) is 5.91 Å². The molecule has 0 aliphatic rings. The highest BCUT2D eigenvalue weighted by Gasteiger charge is 2.16. The number of aromatic nitrogens is 2. The molecule has 4 nitrogen and oxygen atoms in total. The molecule has 15 heavy (non-hydrogen) atoms. The molecule has 1 heterocycles. The second kappa shape index (κ2) is 4.79. The van der Waals surface area contributed by atoms with Gasteiger partial charge >= 0.3 is 0 Å². The molecule has 0 spiro atoms. The van der Waals surface area contributed by atoms with Gasteiger partial charge in [0, 0.05) is 24.1 Å². The number of aryl methyl sites for hydroxylation is 2. The van der Waals surface area contributed by atoms with E-state index in [0.29, 0.717) is 12.1 Å². The van der Waals surface area contributed by atoms with Crippen LogP contribution in [0.4, 0.5) is 0 Å². The van der Waals surface area contributed by atoms with Crippen LogP contribution >= 0.6 is 15.9 Å². The van der Waals surface area contributed by atoms with Crippen LogP contribution in [0, 0.1) is 13.8 Å². The predicted molar refractivity (Wildman–Crippen MR) is 63.4 cm³/mol. The number of halogens is 1. The first kappa shape index (κ1) is 12.2. The van der Waals surface area contributed by atoms with Crippen LogP contribution in [-0.4, -0.2) is 27.1 Å². The number of carbonyl (C=O) groups is 1. The van der Waals surface area contributed by atoms with Crippen molar-refractivity contribution >= 4 is 21.8 Å². The van der Waals surface area contributed by atoms with E-state index in [1.807, 2.05) is 27.8 Å². The topological polar surface area (TPSA) is 46.9 Å². The van der Waals surface area contributed by atoms with Gasteiger partial charge in [-0.1, -0.05) is 22.9 Å². The highest BCUT2D eigenvalue weighted by molar-refractivity contribution is 9.09. The van der Waals surface area contributed by atoms with Crippen LogP contribution in [-0.2, 0) is 7.05 Å². The van der Waals surface area contributed by atoms with E-state index in [-0.39, 0.29) is 10.7 Å². The Labute approximate surface area is 98.2 Å². The molecule has 0 aliphatic heterocycles. The van der Waals surface area contributed by atoms with Crippen LogP contribution in [0.5, 0.6) is 0 Å². The van der Waals surface area contributed by atoms with Crippen LogP contribution in [0.3, 0.4) is 0 Å². The zero-order valence-corrected chi connectivity index (χ0v) is 11.1. The molecular weight excluding hydrogens is 258 g/mol. The summed E-state index contributed by atoms with van der Waals surface area (Å²) in [6, 6.07) is 0. The molecule has 1 amide bonds. The van der Waals surface area contributed by atoms with E-state index in [0.717, 1.165) is 11.4 Å². The van der Waals surface area contributed by atoms with E-state index in [4.69, 9.17) is 0 Å². The van der Waals surface area contributed by atoms with Crippen molar-refractivity contribution in [2.24, 2.45) is 7.05 Å². The van der Waals surface area contributed by atoms with Crippen LogP contribution < -0.4 is 5.32 Å². The summed E-state index contributed by atoms with van der Waals surface area (Å²) >= 11 is 3.38. The minimum absolute atomic E-state index is 0.0515. The Hall–Kier alpha value is -0.840. The van der Waals surface area contributed by atoms with Crippen molar-refractivity contribution in [3.63, 3.8) is 0 Å². The Morgan fingerprint density at radius 1 is 1.60 bits per heavy atom. The van der Waals surface area contributed by atoms with Crippen molar-refractivity contribution in [3.8, 4) is 0 Å². The van der Waals surface area contributed by atoms with Gasteiger partial charge in [-0.15, -0.1) is 0 Å². The van der Waals surface area contributed by atoms with Gasteiger partial charge in [-0.25, -0.2) is 0 Å². The molecular formula is C10H16BrN3O. The molecule has 0 bridgehead atoms. The van der Waals surface area contributed by atoms with Gasteiger partial charge in [0.15, 0.2) is 0 Å². The molecule has 1 aromatic heterocycles. The lowest BCUT2D eigenvalue weighted by Crippen LogP contribution is -2.29. The molecule has 1 atom stereocenters. The normalized spacial score (nSPS) is 12.6. The number of nitrogens with one attached hydrogen (secondary N) is 1. The average Bonchev–Trinajstić information content (AvgIpc) is 2.37. The van der Waals surface area contributed by atoms with Crippen LogP contribution in [0.2, 0.25) is 0 Å². The summed E-state index contributed by atoms with van der Waals surface area (Å²) in [6.45, 7) is 6.35. The lowest BCUT2D eigenvalue weighted by molar-refractivity contribution is 0.0953. The standard InChI is InChI=1S/C10H16BrN3O/c1-6(11)5-12-10(15)9-7(2)13-14(4)8(9)3/h6H,5H2,1-4H3,(H,12,15). The predicted octanol–water partition coefficient (Wildman–Crippen LogP) is 1.55. The summed E-state index contributed by atoms with van der Waals surface area (Å²) in [6.07, 6.45) is 0. The third kappa shape index (κ3) is 2.81. The van der Waals surface area contributed by atoms with Crippen molar-refractivity contribution in [2.75, 3.05) is 6.54 Å². The maximum absolute atomic E-state index is 11.8. The number of nitrogens with zero attached hydrogens (tertiary/aromatic N) is 2. The third-order valence-corrected chi connectivity index (χ3v) is 2.60. The molecule has 0 fully saturated rings. The maximum Gasteiger partial charge on any atom is 0.255 e. The van der Waals surface area contributed by atoms with E-state index in [9.17, 15) is 4.79 Å². The summed E-state index contributed by atoms with van der Waals surface area (Å²) in [5, 5.41) is 7.06. The van der Waals surface area contributed by atoms with Gasteiger partial charge in [0.05, 0.1) is 11.3 Å². The Morgan fingerprint density at radius 2 is 2.20 bits per heavy atom. The molecule has 1 unspecified atom stereocenters. The first-order valence-corrected chi connectivity index (χ1v) is 5.77. The van der Waals surface area contributed by atoms with E-state index in [2.05, 4.69) is 26.3 Å². The number of amides is 1. The zero-order chi connectivity index (χ0) is 11.6. The summed E-state index contributed by atoms with van der Waals surface area (Å²) in [7, 11) is 1.84. The molecule has 0 aliphatic carbocycles. The smallest absolute Gasteiger partial charge is 0.255 e. The van der Waals surface area contributed by atoms with E-state index >= 15 is 0 Å². The number of rotatable bonds is 3. The molecule has 0 saturated carbocycles. The van der Waals surface area contributed by atoms with Gasteiger partial charge in [0.2, 0.25) is 0 Å². The first-order chi connectivity index (χ1) is 6.93. The van der Waals surface area contributed by atoms with Crippen LogP contribution in [0.1, 0.15) is 28.7 Å². The fourth-order valence-electron chi connectivity index (χ4n) is 1.42. The van der Waals surface area contributed by atoms with Gasteiger partial charge in [0.1, 0.15) is 0 Å². The van der Waals surface area contributed by atoms with Crippen LogP contribution in [0.15, 0.2) is 0 Å². The Kier molecular flexibility index (Phi) is 3.90. The molecule has 0 aromatic carbocycles. The number of hydrogen-bond donors (Lipinski definition) is 1. The molecule has 1 rings (SSSR count). The second-order valence-corrected chi connectivity index (χ2v) is 5.22. The second-order valence-electron chi connectivity index (χ2n) is 3.66. The monoisotopic (exact) mass is 273 g/mol. The largest absolute Gasteiger partial charge is 0.351 e. The van der Waals surface area contributed by atoms with Crippen molar-refractivity contribution in [2.45, 2.75) is 25.6 Å². The van der Waals surface area contributed by atoms with Crippen molar-refractivity contribution < 1.29 is 4.79 Å². The third-order valence-electron chi connectivity index (χ3n) is 2.28. The summed E-state index contributed by atoms with van der Waals surface area (Å²) < 4.78 is 1.72. The minimum Gasteiger partial charge on any atom is -0.351 e. The first-order valence-electron chi connectivity index (χ1n) is 4.86. The fraction of sp³-hybridized carbons (Fsp3) is 0.600. The van der Waals surface area contributed by atoms with E-state index < -0.39 is 0 Å². The van der Waals surface area contributed by atoms with Crippen molar-refractivity contribution in [1.82, 2.24) is 15.1 Å². The lowest BCUT2D eigenvalue weighted by Gasteiger charge is -2.06. The molecule has 84 valence electrons. The molecule has 1 N–H and O–H groups in total. The van der Waals surface area contributed by atoms with Crippen molar-refractivity contribution in [1.29, 1.82) is 0 Å². The van der Waals surface area contributed by atoms with Gasteiger partial charge in [-0.2, -0.15) is 5.10 Å². The van der Waals surface area contributed by atoms with E-state index in [1.54, 1.807) is 4.68 Å². The van der Waals surface area contributed by atoms with Crippen LogP contribution in [0.25, 0.3) is 0 Å². The highest BCUT2D eigenvalue weighted by atomic mass is 79.9. The number of carbonyl (C=O) groups excluding carboxylic acids is 1. The van der Waals surface area contributed by atoms with Gasteiger partial charge < -0.3 is 5.32 Å². The number of alkyl halides is 1. The Balaban J connectivity index is 2.82. The lowest BCUT2D eigenvalue weighted by atomic mass is 10.2. The van der Waals surface area contributed by atoms with E-state index in [1.165, 1.54) is 0 Å². The molecule has 5 heteroatoms. The molecule has 0 radical (unpaired) electrons. The van der Waals surface area contributed by atoms with Crippen molar-refractivity contribution in [3.05, 3.63) is 17.0 Å². The summed E-state index contributed by atoms with van der Waals surface area (Å²) in [5.74, 6) is -0.0515. The SMILES string of the molecule is Cc1nn(C)c(C)c1C(=O)NCC(C)Br. The van der Waals surface area contributed by atoms with Gasteiger partial charge in [-0.3, -0.25) is 9.48 Å². The average molecular weight is 274 g/mol. The quantitative estimate of drug-likeness (QED) is 0.850. The fourth-order valence-corrected chi connectivity index (χ4v) is 1.59. The Morgan fingerprint density at radius 3 is 2.60 bits per heavy atom. The summed E-state index contributed by atoms with van der Waals surface area (Å²) in [5.41, 5.74) is 2.35. The highest BCUT2D eigenvalue weighted by Crippen LogP contribution is 2.11. The zero-order valence-electron chi connectivity index (χ0n) is 9.47. The van der Waals surface area contributed by atoms with Gasteiger partial charge in [-0.05, 0) is 13.8 Å². The Bertz CT molecular complexity index is 371. The number of hydrogen-bond acceptors (Lipinski definition) is 2. The minimum atomic E-state index is -0.0515.